The molecule has 1 unspecified atom stereocenters. The van der Waals surface area contributed by atoms with E-state index in [1.165, 1.54) is 44.9 Å². The molecule has 0 aromatic heterocycles. The number of allylic oxidation sites excluding steroid dienone is 2. The van der Waals surface area contributed by atoms with Crippen LogP contribution >= 0.6 is 0 Å². The third kappa shape index (κ3) is 13.5. The summed E-state index contributed by atoms with van der Waals surface area (Å²) >= 11 is 0. The standard InChI is InChI=1S/C30H47NO5/c1-6-8-9-10-11-12-13-14-15-16-17-18-22-31-25-21-19-20-24(23-25)27(32)26(28(33)35-7-2)29(34)36-30(3,4)5/h15-16,19-21,23,26,31H,6-14,17-18,22H2,1-5H3/b16-15+. The van der Waals surface area contributed by atoms with Crippen LogP contribution in [0.3, 0.4) is 0 Å². The highest BCUT2D eigenvalue weighted by atomic mass is 16.6. The lowest BCUT2D eigenvalue weighted by molar-refractivity contribution is -0.166. The van der Waals surface area contributed by atoms with Crippen molar-refractivity contribution in [1.82, 2.24) is 0 Å². The number of unbranched alkanes of at least 4 members (excludes halogenated alkanes) is 8. The van der Waals surface area contributed by atoms with Crippen molar-refractivity contribution in [1.29, 1.82) is 0 Å². The number of carbonyl (C=O) groups excluding carboxylic acids is 3. The normalized spacial score (nSPS) is 12.4. The number of carbonyl (C=O) groups is 3. The van der Waals surface area contributed by atoms with Crippen molar-refractivity contribution in [2.24, 2.45) is 5.92 Å². The number of nitrogens with one attached hydrogen (secondary N) is 1. The molecule has 36 heavy (non-hydrogen) atoms. The Balaban J connectivity index is 2.52. The summed E-state index contributed by atoms with van der Waals surface area (Å²) in [7, 11) is 0. The van der Waals surface area contributed by atoms with E-state index < -0.39 is 29.2 Å². The molecule has 0 amide bonds. The second kappa shape index (κ2) is 17.7. The molecule has 1 rings (SSSR count). The van der Waals surface area contributed by atoms with Crippen LogP contribution in [0.4, 0.5) is 5.69 Å². The fraction of sp³-hybridized carbons (Fsp3) is 0.633. The zero-order valence-corrected chi connectivity index (χ0v) is 23.1. The van der Waals surface area contributed by atoms with Gasteiger partial charge in [-0.25, -0.2) is 0 Å². The van der Waals surface area contributed by atoms with E-state index in [-0.39, 0.29) is 12.2 Å². The van der Waals surface area contributed by atoms with Crippen LogP contribution in [0, 0.1) is 5.92 Å². The Morgan fingerprint density at radius 3 is 2.17 bits per heavy atom. The number of ether oxygens (including phenoxy) is 2. The van der Waals surface area contributed by atoms with E-state index in [1.807, 2.05) is 6.07 Å². The van der Waals surface area contributed by atoms with Crippen molar-refractivity contribution in [2.75, 3.05) is 18.5 Å². The number of anilines is 1. The molecule has 1 atom stereocenters. The summed E-state index contributed by atoms with van der Waals surface area (Å²) in [5.41, 5.74) is 0.201. The van der Waals surface area contributed by atoms with Crippen LogP contribution in [-0.2, 0) is 19.1 Å². The van der Waals surface area contributed by atoms with Gasteiger partial charge in [0.05, 0.1) is 6.61 Å². The van der Waals surface area contributed by atoms with Crippen LogP contribution in [0.1, 0.15) is 109 Å². The van der Waals surface area contributed by atoms with E-state index in [0.717, 1.165) is 31.5 Å². The lowest BCUT2D eigenvalue weighted by Gasteiger charge is -2.22. The quantitative estimate of drug-likeness (QED) is 0.0748. The molecule has 6 nitrogen and oxygen atoms in total. The van der Waals surface area contributed by atoms with E-state index in [1.54, 1.807) is 45.9 Å². The Labute approximate surface area is 218 Å². The van der Waals surface area contributed by atoms with Gasteiger partial charge < -0.3 is 14.8 Å². The third-order valence-corrected chi connectivity index (χ3v) is 5.59. The van der Waals surface area contributed by atoms with Gasteiger partial charge in [0.1, 0.15) is 5.60 Å². The Hall–Kier alpha value is -2.63. The molecule has 0 aliphatic carbocycles. The molecule has 0 aliphatic heterocycles. The highest BCUT2D eigenvalue weighted by Crippen LogP contribution is 2.20. The molecule has 6 heteroatoms. The van der Waals surface area contributed by atoms with Gasteiger partial charge in [-0.15, -0.1) is 0 Å². The van der Waals surface area contributed by atoms with Crippen molar-refractivity contribution in [3.63, 3.8) is 0 Å². The van der Waals surface area contributed by atoms with Gasteiger partial charge in [-0.2, -0.15) is 0 Å². The number of esters is 2. The van der Waals surface area contributed by atoms with E-state index in [2.05, 4.69) is 24.4 Å². The number of rotatable bonds is 18. The summed E-state index contributed by atoms with van der Waals surface area (Å²) in [5, 5.41) is 3.32. The summed E-state index contributed by atoms with van der Waals surface area (Å²) in [6, 6.07) is 6.85. The van der Waals surface area contributed by atoms with Gasteiger partial charge in [0, 0.05) is 17.8 Å². The molecular weight excluding hydrogens is 454 g/mol. The zero-order valence-electron chi connectivity index (χ0n) is 23.1. The first-order valence-electron chi connectivity index (χ1n) is 13.6. The van der Waals surface area contributed by atoms with Crippen molar-refractivity contribution in [2.45, 2.75) is 104 Å². The maximum Gasteiger partial charge on any atom is 0.328 e. The first-order valence-corrected chi connectivity index (χ1v) is 13.6. The maximum atomic E-state index is 13.1. The van der Waals surface area contributed by atoms with E-state index in [4.69, 9.17) is 9.47 Å². The van der Waals surface area contributed by atoms with Crippen molar-refractivity contribution >= 4 is 23.4 Å². The topological polar surface area (TPSA) is 81.7 Å². The van der Waals surface area contributed by atoms with Crippen molar-refractivity contribution in [3.05, 3.63) is 42.0 Å². The highest BCUT2D eigenvalue weighted by molar-refractivity contribution is 6.21. The number of hydrogen-bond acceptors (Lipinski definition) is 6. The minimum atomic E-state index is -1.64. The van der Waals surface area contributed by atoms with Crippen LogP contribution in [0.25, 0.3) is 0 Å². The molecule has 0 saturated heterocycles. The molecule has 202 valence electrons. The van der Waals surface area contributed by atoms with Gasteiger partial charge in [0.2, 0.25) is 5.92 Å². The molecule has 0 spiro atoms. The monoisotopic (exact) mass is 501 g/mol. The van der Waals surface area contributed by atoms with Crippen molar-refractivity contribution < 1.29 is 23.9 Å². The molecule has 0 bridgehead atoms. The molecule has 1 aromatic rings. The number of hydrogen-bond donors (Lipinski definition) is 1. The lowest BCUT2D eigenvalue weighted by Crippen LogP contribution is -2.38. The molecular formula is C30H47NO5. The average Bonchev–Trinajstić information content (AvgIpc) is 2.81. The fourth-order valence-corrected chi connectivity index (χ4v) is 3.75. The van der Waals surface area contributed by atoms with Crippen molar-refractivity contribution in [3.8, 4) is 0 Å². The highest BCUT2D eigenvalue weighted by Gasteiger charge is 2.39. The molecule has 1 aromatic carbocycles. The van der Waals surface area contributed by atoms with E-state index in [9.17, 15) is 14.4 Å². The Morgan fingerprint density at radius 2 is 1.53 bits per heavy atom. The second-order valence-electron chi connectivity index (χ2n) is 10.1. The van der Waals surface area contributed by atoms with Gasteiger partial charge in [0.15, 0.2) is 5.78 Å². The maximum absolute atomic E-state index is 13.1. The SMILES string of the molecule is CCCCCCCCC/C=C/CCCNc1cccc(C(=O)C(C(=O)OCC)C(=O)OC(C)(C)C)c1. The predicted octanol–water partition coefficient (Wildman–Crippen LogP) is 7.28. The van der Waals surface area contributed by atoms with E-state index in [0.29, 0.717) is 0 Å². The molecule has 0 saturated carbocycles. The average molecular weight is 502 g/mol. The van der Waals surface area contributed by atoms with Gasteiger partial charge in [-0.05, 0) is 65.5 Å². The third-order valence-electron chi connectivity index (χ3n) is 5.59. The Bertz CT molecular complexity index is 825. The smallest absolute Gasteiger partial charge is 0.328 e. The Kier molecular flexibility index (Phi) is 15.5. The summed E-state index contributed by atoms with van der Waals surface area (Å²) < 4.78 is 10.3. The number of Topliss-reactive ketones (excluding diaryl/α,β-unsaturated/α-hetero) is 1. The molecule has 0 radical (unpaired) electrons. The lowest BCUT2D eigenvalue weighted by atomic mass is 9.97. The first-order chi connectivity index (χ1) is 17.2. The summed E-state index contributed by atoms with van der Waals surface area (Å²) in [6.07, 6.45) is 16.9. The fourth-order valence-electron chi connectivity index (χ4n) is 3.75. The second-order valence-corrected chi connectivity index (χ2v) is 10.1. The minimum Gasteiger partial charge on any atom is -0.465 e. The van der Waals surface area contributed by atoms with Gasteiger partial charge in [-0.3, -0.25) is 14.4 Å². The van der Waals surface area contributed by atoms with Gasteiger partial charge in [-0.1, -0.05) is 69.7 Å². The van der Waals surface area contributed by atoms with Gasteiger partial charge in [0.25, 0.3) is 0 Å². The largest absolute Gasteiger partial charge is 0.465 e. The first kappa shape index (κ1) is 31.4. The Morgan fingerprint density at radius 1 is 0.889 bits per heavy atom. The van der Waals surface area contributed by atoms with Gasteiger partial charge >= 0.3 is 11.9 Å². The van der Waals surface area contributed by atoms with Crippen LogP contribution in [0.2, 0.25) is 0 Å². The number of benzene rings is 1. The number of ketones is 1. The summed E-state index contributed by atoms with van der Waals surface area (Å²) in [4.78, 5) is 38.1. The molecule has 1 N–H and O–H groups in total. The summed E-state index contributed by atoms with van der Waals surface area (Å²) in [6.45, 7) is 9.76. The minimum absolute atomic E-state index is 0.0699. The van der Waals surface area contributed by atoms with Crippen LogP contribution in [0.5, 0.6) is 0 Å². The summed E-state index contributed by atoms with van der Waals surface area (Å²) in [5.74, 6) is -4.05. The molecule has 0 heterocycles. The van der Waals surface area contributed by atoms with Crippen LogP contribution < -0.4 is 5.32 Å². The van der Waals surface area contributed by atoms with E-state index >= 15 is 0 Å². The van der Waals surface area contributed by atoms with Crippen LogP contribution in [-0.4, -0.2) is 36.5 Å². The predicted molar refractivity (Wildman–Crippen MR) is 146 cm³/mol. The van der Waals surface area contributed by atoms with Crippen LogP contribution in [0.15, 0.2) is 36.4 Å². The molecule has 0 fully saturated rings. The molecule has 0 aliphatic rings. The zero-order chi connectivity index (χ0) is 26.8.